The van der Waals surface area contributed by atoms with Crippen molar-refractivity contribution in [2.24, 2.45) is 0 Å². The van der Waals surface area contributed by atoms with E-state index in [1.807, 2.05) is 13.8 Å². The Labute approximate surface area is 88.7 Å². The summed E-state index contributed by atoms with van der Waals surface area (Å²) in [5.41, 5.74) is 2.82. The molecule has 0 aliphatic carbocycles. The van der Waals surface area contributed by atoms with Gasteiger partial charge in [0, 0.05) is 0 Å². The van der Waals surface area contributed by atoms with Gasteiger partial charge in [-0.25, -0.2) is 0 Å². The largest absolute Gasteiger partial charge is 0.0838 e. The third kappa shape index (κ3) is 4.27. The Balaban J connectivity index is 0.000000791. The third-order valence-corrected chi connectivity index (χ3v) is 2.01. The molecule has 14 heavy (non-hydrogen) atoms. The van der Waals surface area contributed by atoms with E-state index in [1.165, 1.54) is 24.0 Å². The highest BCUT2D eigenvalue weighted by atomic mass is 14.0. The molecule has 0 unspecified atom stereocenters. The van der Waals surface area contributed by atoms with Crippen LogP contribution in [0.15, 0.2) is 36.4 Å². The highest BCUT2D eigenvalue weighted by Crippen LogP contribution is 2.18. The van der Waals surface area contributed by atoms with Crippen molar-refractivity contribution in [3.05, 3.63) is 42.0 Å². The minimum atomic E-state index is 1.18. The Bertz CT molecular complexity index is 244. The fourth-order valence-corrected chi connectivity index (χ4v) is 1.38. The van der Waals surface area contributed by atoms with E-state index in [9.17, 15) is 0 Å². The van der Waals surface area contributed by atoms with Crippen LogP contribution in [-0.2, 0) is 0 Å². The van der Waals surface area contributed by atoms with Gasteiger partial charge in [0.05, 0.1) is 0 Å². The van der Waals surface area contributed by atoms with Crippen LogP contribution in [0.2, 0.25) is 0 Å². The first-order chi connectivity index (χ1) is 6.88. The molecular weight excluding hydrogens is 168 g/mol. The number of rotatable bonds is 3. The molecule has 0 amide bonds. The molecular formula is C14H22. The standard InChI is InChI=1S/C12H16.C2H6/c1-3-8-11(4-2)12-9-6-5-7-10-12;1-2/h4-7,9-10H,3,8H2,1-2H3;1-2H3/b11-4+;. The summed E-state index contributed by atoms with van der Waals surface area (Å²) in [7, 11) is 0. The van der Waals surface area contributed by atoms with E-state index in [0.717, 1.165) is 0 Å². The summed E-state index contributed by atoms with van der Waals surface area (Å²) < 4.78 is 0. The molecule has 0 heterocycles. The fraction of sp³-hybridized carbons (Fsp3) is 0.429. The van der Waals surface area contributed by atoms with Gasteiger partial charge in [0.15, 0.2) is 0 Å². The molecule has 0 spiro atoms. The Morgan fingerprint density at radius 3 is 2.14 bits per heavy atom. The zero-order valence-electron chi connectivity index (χ0n) is 9.88. The highest BCUT2D eigenvalue weighted by Gasteiger charge is 1.96. The highest BCUT2D eigenvalue weighted by molar-refractivity contribution is 5.64. The average Bonchev–Trinajstić information content (AvgIpc) is 2.30. The molecule has 0 aromatic heterocycles. The second kappa shape index (κ2) is 8.55. The summed E-state index contributed by atoms with van der Waals surface area (Å²) in [5.74, 6) is 0. The van der Waals surface area contributed by atoms with E-state index < -0.39 is 0 Å². The number of hydrogen-bond donors (Lipinski definition) is 0. The summed E-state index contributed by atoms with van der Waals surface area (Å²) in [5, 5.41) is 0. The van der Waals surface area contributed by atoms with Gasteiger partial charge in [0.1, 0.15) is 0 Å². The fourth-order valence-electron chi connectivity index (χ4n) is 1.38. The van der Waals surface area contributed by atoms with E-state index >= 15 is 0 Å². The van der Waals surface area contributed by atoms with Crippen LogP contribution in [0.25, 0.3) is 5.57 Å². The molecule has 0 fully saturated rings. The lowest BCUT2D eigenvalue weighted by Crippen LogP contribution is -1.82. The van der Waals surface area contributed by atoms with Gasteiger partial charge in [-0.05, 0) is 24.5 Å². The van der Waals surface area contributed by atoms with Crippen molar-refractivity contribution in [1.82, 2.24) is 0 Å². The van der Waals surface area contributed by atoms with E-state index in [1.54, 1.807) is 0 Å². The van der Waals surface area contributed by atoms with Gasteiger partial charge in [0.25, 0.3) is 0 Å². The molecule has 0 aliphatic rings. The van der Waals surface area contributed by atoms with Gasteiger partial charge < -0.3 is 0 Å². The maximum Gasteiger partial charge on any atom is -0.0228 e. The van der Waals surface area contributed by atoms with Crippen molar-refractivity contribution in [3.8, 4) is 0 Å². The SMILES string of the molecule is C/C=C(\CCC)c1ccccc1.CC. The van der Waals surface area contributed by atoms with Gasteiger partial charge >= 0.3 is 0 Å². The summed E-state index contributed by atoms with van der Waals surface area (Å²) in [4.78, 5) is 0. The zero-order valence-corrected chi connectivity index (χ0v) is 9.88. The number of allylic oxidation sites excluding steroid dienone is 2. The molecule has 0 radical (unpaired) electrons. The van der Waals surface area contributed by atoms with E-state index in [4.69, 9.17) is 0 Å². The Morgan fingerprint density at radius 1 is 1.14 bits per heavy atom. The van der Waals surface area contributed by atoms with Crippen LogP contribution in [0.5, 0.6) is 0 Å². The summed E-state index contributed by atoms with van der Waals surface area (Å²) in [6.07, 6.45) is 4.61. The Hall–Kier alpha value is -1.04. The topological polar surface area (TPSA) is 0 Å². The Kier molecular flexibility index (Phi) is 7.92. The monoisotopic (exact) mass is 190 g/mol. The van der Waals surface area contributed by atoms with Crippen molar-refractivity contribution in [1.29, 1.82) is 0 Å². The van der Waals surface area contributed by atoms with Gasteiger partial charge in [-0.1, -0.05) is 63.6 Å². The molecule has 0 N–H and O–H groups in total. The van der Waals surface area contributed by atoms with Crippen LogP contribution in [0, 0.1) is 0 Å². The first-order valence-corrected chi connectivity index (χ1v) is 5.59. The molecule has 1 rings (SSSR count). The summed E-state index contributed by atoms with van der Waals surface area (Å²) in [6.45, 7) is 8.32. The molecule has 0 atom stereocenters. The third-order valence-electron chi connectivity index (χ3n) is 2.01. The molecule has 1 aromatic rings. The smallest absolute Gasteiger partial charge is 0.0228 e. The van der Waals surface area contributed by atoms with Crippen molar-refractivity contribution in [2.75, 3.05) is 0 Å². The van der Waals surface area contributed by atoms with E-state index in [0.29, 0.717) is 0 Å². The second-order valence-electron chi connectivity index (χ2n) is 2.93. The summed E-state index contributed by atoms with van der Waals surface area (Å²) in [6, 6.07) is 10.6. The van der Waals surface area contributed by atoms with Crippen LogP contribution in [0.4, 0.5) is 0 Å². The maximum absolute atomic E-state index is 2.21. The molecule has 0 nitrogen and oxygen atoms in total. The number of benzene rings is 1. The van der Waals surface area contributed by atoms with Crippen molar-refractivity contribution in [2.45, 2.75) is 40.5 Å². The molecule has 1 aromatic carbocycles. The minimum Gasteiger partial charge on any atom is -0.0838 e. The van der Waals surface area contributed by atoms with Crippen LogP contribution in [-0.4, -0.2) is 0 Å². The quantitative estimate of drug-likeness (QED) is 0.635. The van der Waals surface area contributed by atoms with Crippen molar-refractivity contribution >= 4 is 5.57 Å². The van der Waals surface area contributed by atoms with Crippen LogP contribution in [0.1, 0.15) is 46.1 Å². The lowest BCUT2D eigenvalue weighted by molar-refractivity contribution is 0.972. The van der Waals surface area contributed by atoms with Gasteiger partial charge in [-0.2, -0.15) is 0 Å². The molecule has 0 saturated heterocycles. The lowest BCUT2D eigenvalue weighted by Gasteiger charge is -2.04. The van der Waals surface area contributed by atoms with Gasteiger partial charge in [0.2, 0.25) is 0 Å². The summed E-state index contributed by atoms with van der Waals surface area (Å²) >= 11 is 0. The second-order valence-corrected chi connectivity index (χ2v) is 2.93. The predicted molar refractivity (Wildman–Crippen MR) is 66.3 cm³/mol. The van der Waals surface area contributed by atoms with Gasteiger partial charge in [-0.3, -0.25) is 0 Å². The van der Waals surface area contributed by atoms with Crippen LogP contribution in [0.3, 0.4) is 0 Å². The molecule has 0 saturated carbocycles. The first kappa shape index (κ1) is 13.0. The number of hydrogen-bond acceptors (Lipinski definition) is 0. The molecule has 0 heteroatoms. The average molecular weight is 190 g/mol. The van der Waals surface area contributed by atoms with Crippen molar-refractivity contribution < 1.29 is 0 Å². The van der Waals surface area contributed by atoms with Crippen molar-refractivity contribution in [3.63, 3.8) is 0 Å². The zero-order chi connectivity index (χ0) is 10.8. The minimum absolute atomic E-state index is 1.18. The molecule has 0 bridgehead atoms. The predicted octanol–water partition coefficient (Wildman–Crippen LogP) is 4.92. The Morgan fingerprint density at radius 2 is 1.71 bits per heavy atom. The van der Waals surface area contributed by atoms with Crippen LogP contribution >= 0.6 is 0 Å². The molecule has 78 valence electrons. The maximum atomic E-state index is 2.21. The van der Waals surface area contributed by atoms with Gasteiger partial charge in [-0.15, -0.1) is 0 Å². The first-order valence-electron chi connectivity index (χ1n) is 5.59. The van der Waals surface area contributed by atoms with Crippen LogP contribution < -0.4 is 0 Å². The lowest BCUT2D eigenvalue weighted by atomic mass is 10.0. The molecule has 0 aliphatic heterocycles. The van der Waals surface area contributed by atoms with E-state index in [-0.39, 0.29) is 0 Å². The van der Waals surface area contributed by atoms with E-state index in [2.05, 4.69) is 50.3 Å². The normalized spacial score (nSPS) is 10.4.